The first kappa shape index (κ1) is 15.4. The van der Waals surface area contributed by atoms with E-state index in [1.54, 1.807) is 6.07 Å². The van der Waals surface area contributed by atoms with Crippen LogP contribution in [0.25, 0.3) is 0 Å². The van der Waals surface area contributed by atoms with Gasteiger partial charge in [0.05, 0.1) is 10.0 Å². The molecular weight excluding hydrogens is 315 g/mol. The van der Waals surface area contributed by atoms with Crippen molar-refractivity contribution in [2.24, 2.45) is 0 Å². The van der Waals surface area contributed by atoms with E-state index in [-0.39, 0.29) is 10.6 Å². The van der Waals surface area contributed by atoms with Crippen LogP contribution in [-0.2, 0) is 5.41 Å². The number of benzene rings is 1. The molecule has 1 aromatic carbocycles. The standard InChI is InChI=1S/C15H15Cl3N2/c1-15(2,10-6-4-3-5-7-10)9-19-14-12(17)8-11(16)13(18)20-14/h3-8H,9H2,1-2H3,(H,19,20). The first-order valence-corrected chi connectivity index (χ1v) is 7.34. The number of hydrogen-bond acceptors (Lipinski definition) is 2. The molecule has 2 rings (SSSR count). The maximum absolute atomic E-state index is 6.11. The molecule has 0 atom stereocenters. The average Bonchev–Trinajstić information content (AvgIpc) is 2.42. The summed E-state index contributed by atoms with van der Waals surface area (Å²) in [7, 11) is 0. The van der Waals surface area contributed by atoms with Crippen LogP contribution in [0.2, 0.25) is 15.2 Å². The lowest BCUT2D eigenvalue weighted by molar-refractivity contribution is 0.556. The first-order chi connectivity index (χ1) is 9.40. The van der Waals surface area contributed by atoms with Gasteiger partial charge in [0.15, 0.2) is 0 Å². The highest BCUT2D eigenvalue weighted by atomic mass is 35.5. The zero-order valence-corrected chi connectivity index (χ0v) is 13.5. The Morgan fingerprint density at radius 3 is 2.35 bits per heavy atom. The van der Waals surface area contributed by atoms with Crippen LogP contribution in [0.5, 0.6) is 0 Å². The number of anilines is 1. The Labute approximate surface area is 134 Å². The number of aromatic nitrogens is 1. The molecule has 106 valence electrons. The van der Waals surface area contributed by atoms with E-state index in [0.29, 0.717) is 22.4 Å². The van der Waals surface area contributed by atoms with Crippen molar-refractivity contribution in [1.82, 2.24) is 4.98 Å². The molecule has 1 N–H and O–H groups in total. The van der Waals surface area contributed by atoms with Crippen LogP contribution >= 0.6 is 34.8 Å². The first-order valence-electron chi connectivity index (χ1n) is 6.21. The highest BCUT2D eigenvalue weighted by Crippen LogP contribution is 2.30. The lowest BCUT2D eigenvalue weighted by atomic mass is 9.84. The van der Waals surface area contributed by atoms with Gasteiger partial charge in [0, 0.05) is 12.0 Å². The van der Waals surface area contributed by atoms with Gasteiger partial charge in [0.25, 0.3) is 0 Å². The molecular formula is C15H15Cl3N2. The lowest BCUT2D eigenvalue weighted by Gasteiger charge is -2.26. The molecule has 0 aliphatic heterocycles. The fourth-order valence-corrected chi connectivity index (χ4v) is 2.43. The molecule has 0 radical (unpaired) electrons. The van der Waals surface area contributed by atoms with Crippen LogP contribution in [0.15, 0.2) is 36.4 Å². The number of pyridine rings is 1. The Hall–Kier alpha value is -0.960. The zero-order valence-electron chi connectivity index (χ0n) is 11.3. The van der Waals surface area contributed by atoms with Crippen molar-refractivity contribution in [3.8, 4) is 0 Å². The van der Waals surface area contributed by atoms with Gasteiger partial charge in [0.1, 0.15) is 11.0 Å². The van der Waals surface area contributed by atoms with Crippen LogP contribution in [0.3, 0.4) is 0 Å². The molecule has 1 aromatic heterocycles. The van der Waals surface area contributed by atoms with Crippen LogP contribution < -0.4 is 5.32 Å². The number of nitrogens with zero attached hydrogens (tertiary/aromatic N) is 1. The Bertz CT molecular complexity index is 598. The Kier molecular flexibility index (Phi) is 4.79. The molecule has 1 heterocycles. The van der Waals surface area contributed by atoms with Gasteiger partial charge < -0.3 is 5.32 Å². The Morgan fingerprint density at radius 1 is 1.05 bits per heavy atom. The van der Waals surface area contributed by atoms with E-state index in [4.69, 9.17) is 34.8 Å². The van der Waals surface area contributed by atoms with Crippen molar-refractivity contribution in [3.63, 3.8) is 0 Å². The largest absolute Gasteiger partial charge is 0.368 e. The van der Waals surface area contributed by atoms with Crippen LogP contribution in [-0.4, -0.2) is 11.5 Å². The number of nitrogens with one attached hydrogen (secondary N) is 1. The van der Waals surface area contributed by atoms with E-state index in [1.165, 1.54) is 5.56 Å². The highest BCUT2D eigenvalue weighted by Gasteiger charge is 2.21. The van der Waals surface area contributed by atoms with E-state index >= 15 is 0 Å². The predicted molar refractivity (Wildman–Crippen MR) is 87.2 cm³/mol. The van der Waals surface area contributed by atoms with Crippen LogP contribution in [0.4, 0.5) is 5.82 Å². The summed E-state index contributed by atoms with van der Waals surface area (Å²) in [4.78, 5) is 4.16. The summed E-state index contributed by atoms with van der Waals surface area (Å²) in [5, 5.41) is 4.29. The van der Waals surface area contributed by atoms with Gasteiger partial charge in [-0.15, -0.1) is 0 Å². The molecule has 20 heavy (non-hydrogen) atoms. The predicted octanol–water partition coefficient (Wildman–Crippen LogP) is 5.43. The fraction of sp³-hybridized carbons (Fsp3) is 0.267. The van der Waals surface area contributed by atoms with Crippen molar-refractivity contribution in [2.75, 3.05) is 11.9 Å². The SMILES string of the molecule is CC(C)(CNc1nc(Cl)c(Cl)cc1Cl)c1ccccc1. The zero-order chi connectivity index (χ0) is 14.8. The van der Waals surface area contributed by atoms with Crippen molar-refractivity contribution in [1.29, 1.82) is 0 Å². The summed E-state index contributed by atoms with van der Waals surface area (Å²) in [5.74, 6) is 0.546. The van der Waals surface area contributed by atoms with E-state index in [2.05, 4.69) is 36.3 Å². The summed E-state index contributed by atoms with van der Waals surface area (Å²) in [6, 6.07) is 11.9. The van der Waals surface area contributed by atoms with Crippen molar-refractivity contribution in [3.05, 3.63) is 57.2 Å². The Balaban J connectivity index is 2.14. The van der Waals surface area contributed by atoms with Gasteiger partial charge >= 0.3 is 0 Å². The maximum atomic E-state index is 6.11. The third-order valence-electron chi connectivity index (χ3n) is 3.14. The van der Waals surface area contributed by atoms with Crippen molar-refractivity contribution < 1.29 is 0 Å². The van der Waals surface area contributed by atoms with Gasteiger partial charge in [-0.05, 0) is 11.6 Å². The van der Waals surface area contributed by atoms with E-state index in [0.717, 1.165) is 0 Å². The number of rotatable bonds is 4. The molecule has 0 bridgehead atoms. The monoisotopic (exact) mass is 328 g/mol. The second kappa shape index (κ2) is 6.21. The molecule has 0 unspecified atom stereocenters. The quantitative estimate of drug-likeness (QED) is 0.756. The molecule has 0 amide bonds. The summed E-state index contributed by atoms with van der Waals surface area (Å²) in [6.07, 6.45) is 0. The molecule has 0 fully saturated rings. The minimum Gasteiger partial charge on any atom is -0.368 e. The number of halogens is 3. The summed E-state index contributed by atoms with van der Waals surface area (Å²) in [5.41, 5.74) is 1.18. The van der Waals surface area contributed by atoms with Crippen LogP contribution in [0.1, 0.15) is 19.4 Å². The molecule has 0 saturated heterocycles. The molecule has 5 heteroatoms. The minimum absolute atomic E-state index is 0.0572. The van der Waals surface area contributed by atoms with Crippen molar-refractivity contribution in [2.45, 2.75) is 19.3 Å². The average molecular weight is 330 g/mol. The third-order valence-corrected chi connectivity index (χ3v) is 4.10. The topological polar surface area (TPSA) is 24.9 Å². The molecule has 0 spiro atoms. The number of hydrogen-bond donors (Lipinski definition) is 1. The smallest absolute Gasteiger partial charge is 0.150 e. The fourth-order valence-electron chi connectivity index (χ4n) is 1.86. The summed E-state index contributed by atoms with van der Waals surface area (Å²) in [6.45, 7) is 4.99. The molecule has 0 saturated carbocycles. The molecule has 2 aromatic rings. The highest BCUT2D eigenvalue weighted by molar-refractivity contribution is 6.42. The van der Waals surface area contributed by atoms with E-state index in [1.807, 2.05) is 18.2 Å². The summed E-state index contributed by atoms with van der Waals surface area (Å²) < 4.78 is 0. The van der Waals surface area contributed by atoms with Crippen LogP contribution in [0, 0.1) is 0 Å². The van der Waals surface area contributed by atoms with Crippen molar-refractivity contribution >= 4 is 40.6 Å². The Morgan fingerprint density at radius 2 is 1.70 bits per heavy atom. The summed E-state index contributed by atoms with van der Waals surface area (Å²) >= 11 is 17.9. The molecule has 2 nitrogen and oxygen atoms in total. The van der Waals surface area contributed by atoms with Gasteiger partial charge in [-0.1, -0.05) is 79.0 Å². The maximum Gasteiger partial charge on any atom is 0.150 e. The lowest BCUT2D eigenvalue weighted by Crippen LogP contribution is -2.28. The van der Waals surface area contributed by atoms with Gasteiger partial charge in [-0.2, -0.15) is 0 Å². The molecule has 0 aliphatic rings. The van der Waals surface area contributed by atoms with Gasteiger partial charge in [-0.3, -0.25) is 0 Å². The van der Waals surface area contributed by atoms with E-state index < -0.39 is 0 Å². The second-order valence-electron chi connectivity index (χ2n) is 5.19. The normalized spacial score (nSPS) is 11.4. The van der Waals surface area contributed by atoms with Gasteiger partial charge in [0.2, 0.25) is 0 Å². The minimum atomic E-state index is -0.0572. The second-order valence-corrected chi connectivity index (χ2v) is 6.37. The third kappa shape index (κ3) is 3.57. The van der Waals surface area contributed by atoms with Gasteiger partial charge in [-0.25, -0.2) is 4.98 Å². The van der Waals surface area contributed by atoms with E-state index in [9.17, 15) is 0 Å². The molecule has 0 aliphatic carbocycles.